The van der Waals surface area contributed by atoms with E-state index < -0.39 is 30.2 Å². The van der Waals surface area contributed by atoms with E-state index in [1.165, 1.54) is 0 Å². The highest BCUT2D eigenvalue weighted by Gasteiger charge is 2.19. The lowest BCUT2D eigenvalue weighted by Crippen LogP contribution is -1.92. The number of fused-ring (bicyclic) bond motifs is 6. The molecule has 10 aromatic rings. The molecule has 10 rings (SSSR count). The summed E-state index contributed by atoms with van der Waals surface area (Å²) in [6, 6.07) is 40.2. The molecule has 9 aromatic carbocycles. The lowest BCUT2D eigenvalue weighted by atomic mass is 9.84. The van der Waals surface area contributed by atoms with Gasteiger partial charge in [-0.3, -0.25) is 0 Å². The lowest BCUT2D eigenvalue weighted by Gasteiger charge is -2.19. The van der Waals surface area contributed by atoms with Crippen molar-refractivity contribution in [3.63, 3.8) is 0 Å². The van der Waals surface area contributed by atoms with Crippen LogP contribution >= 0.6 is 0 Å². The van der Waals surface area contributed by atoms with Gasteiger partial charge in [-0.1, -0.05) is 139 Å². The topological polar surface area (TPSA) is 13.1 Å². The van der Waals surface area contributed by atoms with E-state index in [0.29, 0.717) is 11.1 Å². The van der Waals surface area contributed by atoms with Gasteiger partial charge in [-0.15, -0.1) is 0 Å². The predicted octanol–water partition coefficient (Wildman–Crippen LogP) is 13.7. The molecular formula is C48H30O. The first-order valence-electron chi connectivity index (χ1n) is 20.2. The van der Waals surface area contributed by atoms with Crippen LogP contribution in [-0.4, -0.2) is 0 Å². The van der Waals surface area contributed by atoms with Gasteiger partial charge < -0.3 is 4.42 Å². The highest BCUT2D eigenvalue weighted by Crippen LogP contribution is 2.46. The van der Waals surface area contributed by atoms with Crippen LogP contribution in [0, 0.1) is 0 Å². The molecule has 0 radical (unpaired) electrons. The molecule has 0 spiro atoms. The molecule has 0 atom stereocenters. The van der Waals surface area contributed by atoms with Gasteiger partial charge in [0.25, 0.3) is 0 Å². The molecule has 1 heterocycles. The summed E-state index contributed by atoms with van der Waals surface area (Å²) in [5.74, 6) is 0. The van der Waals surface area contributed by atoms with Crippen LogP contribution in [0.3, 0.4) is 0 Å². The molecule has 1 heteroatoms. The number of rotatable bonds is 4. The van der Waals surface area contributed by atoms with Crippen LogP contribution in [0.4, 0.5) is 0 Å². The van der Waals surface area contributed by atoms with E-state index in [1.54, 1.807) is 24.3 Å². The van der Waals surface area contributed by atoms with E-state index in [-0.39, 0.29) is 40.4 Å². The van der Waals surface area contributed by atoms with E-state index in [2.05, 4.69) is 42.5 Å². The van der Waals surface area contributed by atoms with Crippen LogP contribution in [0.1, 0.15) is 11.0 Å². The van der Waals surface area contributed by atoms with Gasteiger partial charge in [-0.25, -0.2) is 0 Å². The minimum atomic E-state index is -0.561. The maximum absolute atomic E-state index is 9.83. The quantitative estimate of drug-likeness (QED) is 0.176. The van der Waals surface area contributed by atoms with Crippen LogP contribution in [-0.2, 0) is 0 Å². The van der Waals surface area contributed by atoms with Crippen molar-refractivity contribution >= 4 is 54.3 Å². The summed E-state index contributed by atoms with van der Waals surface area (Å²) in [6.07, 6.45) is 0. The molecule has 0 saturated carbocycles. The Labute approximate surface area is 295 Å². The average Bonchev–Trinajstić information content (AvgIpc) is 3.59. The Hall–Kier alpha value is -6.44. The van der Waals surface area contributed by atoms with E-state index >= 15 is 0 Å². The largest absolute Gasteiger partial charge is 0.456 e. The monoisotopic (exact) mass is 630 g/mol. The van der Waals surface area contributed by atoms with Crippen LogP contribution < -0.4 is 0 Å². The third kappa shape index (κ3) is 4.55. The van der Waals surface area contributed by atoms with Gasteiger partial charge in [0.05, 0.1) is 11.0 Å². The normalized spacial score (nSPS) is 14.0. The number of hydrogen-bond donors (Lipinski definition) is 0. The van der Waals surface area contributed by atoms with Crippen molar-refractivity contribution in [2.24, 2.45) is 0 Å². The zero-order valence-electron chi connectivity index (χ0n) is 34.1. The van der Waals surface area contributed by atoms with Crippen LogP contribution in [0.5, 0.6) is 0 Å². The molecular weight excluding hydrogens is 593 g/mol. The highest BCUT2D eigenvalue weighted by molar-refractivity contribution is 6.22. The molecule has 0 N–H and O–H groups in total. The molecule has 49 heavy (non-hydrogen) atoms. The zero-order valence-corrected chi connectivity index (χ0v) is 26.1. The van der Waals surface area contributed by atoms with Crippen molar-refractivity contribution in [2.75, 3.05) is 0 Å². The Morgan fingerprint density at radius 3 is 1.55 bits per heavy atom. The molecule has 0 saturated heterocycles. The van der Waals surface area contributed by atoms with Crippen LogP contribution in [0.15, 0.2) is 186 Å². The second kappa shape index (κ2) is 11.1. The number of furan rings is 1. The third-order valence-corrected chi connectivity index (χ3v) is 9.37. The van der Waals surface area contributed by atoms with Gasteiger partial charge in [-0.2, -0.15) is 0 Å². The third-order valence-electron chi connectivity index (χ3n) is 9.37. The van der Waals surface area contributed by atoms with E-state index in [0.717, 1.165) is 65.4 Å². The lowest BCUT2D eigenvalue weighted by molar-refractivity contribution is 0.669. The first-order chi connectivity index (χ1) is 27.6. The van der Waals surface area contributed by atoms with Crippen molar-refractivity contribution in [3.8, 4) is 44.5 Å². The van der Waals surface area contributed by atoms with E-state index in [9.17, 15) is 4.11 Å². The van der Waals surface area contributed by atoms with Crippen molar-refractivity contribution in [3.05, 3.63) is 182 Å². The first-order valence-corrected chi connectivity index (χ1v) is 16.2. The zero-order chi connectivity index (χ0) is 39.3. The fourth-order valence-corrected chi connectivity index (χ4v) is 7.17. The minimum Gasteiger partial charge on any atom is -0.456 e. The standard InChI is InChI=1S/C48H30O/c1-3-13-31(14-4-1)36-25-37(32-15-5-2-6-16-32)27-38(26-36)48-42-21-11-9-19-40(42)47(41-20-10-12-22-43(41)48)35-23-24-39-44-28-33-17-7-8-18-34(33)29-46(44)49-45(39)30-35/h1-30H/i1D,3D,4D,13D,14D,25D,26D,27D. The summed E-state index contributed by atoms with van der Waals surface area (Å²) in [5, 5.41) is 7.53. The van der Waals surface area contributed by atoms with Crippen molar-refractivity contribution in [1.82, 2.24) is 0 Å². The molecule has 228 valence electrons. The number of hydrogen-bond acceptors (Lipinski definition) is 1. The SMILES string of the molecule is [2H]c1c([2H])c([2H])c(-c2c([2H])c(-c3ccccc3)c([2H])c(-c3c4ccccc4c(-c4ccc5c(c4)oc4cc6ccccc6cc45)c4ccccc34)c2[2H])c([2H])c1[2H]. The van der Waals surface area contributed by atoms with Gasteiger partial charge in [0.1, 0.15) is 11.2 Å². The van der Waals surface area contributed by atoms with Crippen molar-refractivity contribution < 1.29 is 15.4 Å². The van der Waals surface area contributed by atoms with Gasteiger partial charge in [0, 0.05) is 10.8 Å². The summed E-state index contributed by atoms with van der Waals surface area (Å²) in [7, 11) is 0. The summed E-state index contributed by atoms with van der Waals surface area (Å²) >= 11 is 0. The summed E-state index contributed by atoms with van der Waals surface area (Å²) in [6.45, 7) is 0. The first kappa shape index (κ1) is 20.7. The number of benzene rings is 9. The smallest absolute Gasteiger partial charge is 0.136 e. The fourth-order valence-electron chi connectivity index (χ4n) is 7.17. The predicted molar refractivity (Wildman–Crippen MR) is 208 cm³/mol. The van der Waals surface area contributed by atoms with Crippen molar-refractivity contribution in [2.45, 2.75) is 0 Å². The second-order valence-electron chi connectivity index (χ2n) is 12.2. The van der Waals surface area contributed by atoms with E-state index in [1.807, 2.05) is 66.7 Å². The molecule has 1 aromatic heterocycles. The summed E-state index contributed by atoms with van der Waals surface area (Å²) in [5.41, 5.74) is 4.58. The fraction of sp³-hybridized carbons (Fsp3) is 0. The molecule has 0 amide bonds. The molecule has 0 aliphatic rings. The minimum absolute atomic E-state index is 0.0635. The van der Waals surface area contributed by atoms with Crippen molar-refractivity contribution in [1.29, 1.82) is 0 Å². The van der Waals surface area contributed by atoms with Crippen LogP contribution in [0.25, 0.3) is 98.8 Å². The Kier molecular flexibility index (Phi) is 4.69. The Morgan fingerprint density at radius 1 is 0.347 bits per heavy atom. The highest BCUT2D eigenvalue weighted by atomic mass is 16.3. The van der Waals surface area contributed by atoms with E-state index in [4.69, 9.17) is 11.3 Å². The maximum atomic E-state index is 9.83. The van der Waals surface area contributed by atoms with Gasteiger partial charge in [0.15, 0.2) is 0 Å². The van der Waals surface area contributed by atoms with Gasteiger partial charge in [-0.05, 0) is 119 Å². The maximum Gasteiger partial charge on any atom is 0.136 e. The Morgan fingerprint density at radius 2 is 0.878 bits per heavy atom. The molecule has 0 bridgehead atoms. The van der Waals surface area contributed by atoms with Crippen LogP contribution in [0.2, 0.25) is 0 Å². The molecule has 0 aliphatic heterocycles. The van der Waals surface area contributed by atoms with Gasteiger partial charge >= 0.3 is 0 Å². The molecule has 0 unspecified atom stereocenters. The average molecular weight is 631 g/mol. The Balaban J connectivity index is 1.31. The molecule has 1 nitrogen and oxygen atoms in total. The molecule has 0 fully saturated rings. The summed E-state index contributed by atoms with van der Waals surface area (Å²) < 4.78 is 78.6. The Bertz CT molecular complexity index is 3250. The molecule has 0 aliphatic carbocycles. The summed E-state index contributed by atoms with van der Waals surface area (Å²) in [4.78, 5) is 0. The second-order valence-corrected chi connectivity index (χ2v) is 12.2. The van der Waals surface area contributed by atoms with Gasteiger partial charge in [0.2, 0.25) is 0 Å².